The van der Waals surface area contributed by atoms with E-state index in [0.29, 0.717) is 55.3 Å². The molecule has 2 aliphatic heterocycles. The number of benzene rings is 3. The summed E-state index contributed by atoms with van der Waals surface area (Å²) >= 11 is 0. The summed E-state index contributed by atoms with van der Waals surface area (Å²) in [6.45, 7) is 1.87. The lowest BCUT2D eigenvalue weighted by atomic mass is 10.1. The third kappa shape index (κ3) is 5.66. The fraction of sp³-hybridized carbons (Fsp3) is 0.286. The second-order valence-corrected chi connectivity index (χ2v) is 11.1. The van der Waals surface area contributed by atoms with E-state index in [1.54, 1.807) is 23.1 Å². The Hall–Kier alpha value is -3.89. The molecule has 0 aliphatic carbocycles. The summed E-state index contributed by atoms with van der Waals surface area (Å²) in [7, 11) is -3.55. The molecule has 10 heteroatoms. The number of rotatable bonds is 9. The summed E-state index contributed by atoms with van der Waals surface area (Å²) in [6.07, 6.45) is 2.33. The Morgan fingerprint density at radius 3 is 2.45 bits per heavy atom. The number of anilines is 2. The molecule has 1 fully saturated rings. The van der Waals surface area contributed by atoms with Crippen LogP contribution in [0.1, 0.15) is 29.6 Å². The molecule has 2 heterocycles. The smallest absolute Gasteiger partial charge is 0.265 e. The van der Waals surface area contributed by atoms with Crippen LogP contribution in [-0.4, -0.2) is 57.4 Å². The molecule has 1 N–H and O–H groups in total. The average Bonchev–Trinajstić information content (AvgIpc) is 3.49. The number of carbonyl (C=O) groups is 2. The van der Waals surface area contributed by atoms with E-state index in [1.807, 2.05) is 30.3 Å². The Bertz CT molecular complexity index is 1400. The Morgan fingerprint density at radius 2 is 1.71 bits per heavy atom. The molecule has 0 atom stereocenters. The predicted octanol–water partition coefficient (Wildman–Crippen LogP) is 3.92. The van der Waals surface area contributed by atoms with Crippen LogP contribution in [0.3, 0.4) is 0 Å². The molecule has 0 unspecified atom stereocenters. The predicted molar refractivity (Wildman–Crippen MR) is 143 cm³/mol. The number of hydrogen-bond acceptors (Lipinski definition) is 6. The van der Waals surface area contributed by atoms with Gasteiger partial charge in [0.25, 0.3) is 11.8 Å². The summed E-state index contributed by atoms with van der Waals surface area (Å²) in [5, 5.41) is 2.83. The maximum Gasteiger partial charge on any atom is 0.265 e. The van der Waals surface area contributed by atoms with Gasteiger partial charge in [-0.25, -0.2) is 8.42 Å². The van der Waals surface area contributed by atoms with E-state index < -0.39 is 10.0 Å². The van der Waals surface area contributed by atoms with Crippen molar-refractivity contribution in [2.45, 2.75) is 24.2 Å². The second-order valence-electron chi connectivity index (χ2n) is 9.12. The van der Waals surface area contributed by atoms with Crippen molar-refractivity contribution >= 4 is 33.2 Å². The fourth-order valence-corrected chi connectivity index (χ4v) is 6.03. The number of nitrogens with one attached hydrogen (secondary N) is 1. The number of ether oxygens (including phenoxy) is 2. The van der Waals surface area contributed by atoms with Gasteiger partial charge in [0.2, 0.25) is 10.0 Å². The molecule has 0 saturated carbocycles. The lowest BCUT2D eigenvalue weighted by molar-refractivity contribution is -0.121. The van der Waals surface area contributed by atoms with Crippen LogP contribution in [0.15, 0.2) is 77.7 Å². The van der Waals surface area contributed by atoms with Crippen molar-refractivity contribution < 1.29 is 27.5 Å². The van der Waals surface area contributed by atoms with Gasteiger partial charge in [-0.1, -0.05) is 18.2 Å². The zero-order chi connectivity index (χ0) is 26.5. The van der Waals surface area contributed by atoms with Gasteiger partial charge in [0.15, 0.2) is 6.61 Å². The molecule has 0 radical (unpaired) electrons. The van der Waals surface area contributed by atoms with Crippen LogP contribution in [0.5, 0.6) is 11.5 Å². The van der Waals surface area contributed by atoms with Crippen molar-refractivity contribution in [3.05, 3.63) is 78.4 Å². The highest BCUT2D eigenvalue weighted by atomic mass is 32.2. The maximum absolute atomic E-state index is 12.9. The van der Waals surface area contributed by atoms with E-state index in [2.05, 4.69) is 5.32 Å². The molecule has 3 aromatic rings. The minimum atomic E-state index is -3.55. The highest BCUT2D eigenvalue weighted by Crippen LogP contribution is 2.35. The number of sulfonamides is 1. The molecule has 9 nitrogen and oxygen atoms in total. The Morgan fingerprint density at radius 1 is 0.974 bits per heavy atom. The van der Waals surface area contributed by atoms with Crippen LogP contribution >= 0.6 is 0 Å². The largest absolute Gasteiger partial charge is 0.494 e. The Labute approximate surface area is 222 Å². The van der Waals surface area contributed by atoms with E-state index in [4.69, 9.17) is 9.47 Å². The van der Waals surface area contributed by atoms with Crippen molar-refractivity contribution in [2.75, 3.05) is 43.1 Å². The van der Waals surface area contributed by atoms with Gasteiger partial charge in [-0.2, -0.15) is 4.31 Å². The van der Waals surface area contributed by atoms with Crippen molar-refractivity contribution in [2.24, 2.45) is 0 Å². The van der Waals surface area contributed by atoms with Gasteiger partial charge in [0.1, 0.15) is 11.5 Å². The number of nitrogens with zero attached hydrogens (tertiary/aromatic N) is 2. The number of amides is 2. The average molecular weight is 536 g/mol. The first kappa shape index (κ1) is 25.7. The maximum atomic E-state index is 12.9. The minimum Gasteiger partial charge on any atom is -0.494 e. The van der Waals surface area contributed by atoms with Crippen molar-refractivity contribution in [3.63, 3.8) is 0 Å². The molecule has 2 aliphatic rings. The minimum absolute atomic E-state index is 0.0507. The van der Waals surface area contributed by atoms with Crippen LogP contribution in [-0.2, 0) is 14.8 Å². The molecule has 198 valence electrons. The molecule has 3 aromatic carbocycles. The van der Waals surface area contributed by atoms with Gasteiger partial charge in [0.05, 0.1) is 17.2 Å². The van der Waals surface area contributed by atoms with Crippen LogP contribution in [0.2, 0.25) is 0 Å². The molecule has 2 amide bonds. The van der Waals surface area contributed by atoms with Gasteiger partial charge >= 0.3 is 0 Å². The lowest BCUT2D eigenvalue weighted by Crippen LogP contribution is -2.39. The summed E-state index contributed by atoms with van der Waals surface area (Å²) in [6, 6.07) is 20.5. The molecular formula is C28H29N3O6S. The molecule has 0 aromatic heterocycles. The summed E-state index contributed by atoms with van der Waals surface area (Å²) < 4.78 is 38.3. The van der Waals surface area contributed by atoms with Crippen LogP contribution < -0.4 is 19.7 Å². The third-order valence-electron chi connectivity index (χ3n) is 6.52. The normalized spacial score (nSPS) is 15.6. The number of carbonyl (C=O) groups excluding carboxylic acids is 2. The quantitative estimate of drug-likeness (QED) is 0.417. The van der Waals surface area contributed by atoms with E-state index in [1.165, 1.54) is 28.6 Å². The standard InChI is InChI=1S/C28H29N3O6S/c32-27-20-37-26-14-11-22(19-25(26)31(27)17-6-18-36-23-7-2-1-3-8-23)29-28(33)21-9-12-24(13-10-21)38(34,35)30-15-4-5-16-30/h1-3,7-14,19H,4-6,15-18,20H2,(H,29,33). The highest BCUT2D eigenvalue weighted by Gasteiger charge is 2.28. The Kier molecular flexibility index (Phi) is 7.62. The monoisotopic (exact) mass is 535 g/mol. The molecule has 1 saturated heterocycles. The van der Waals surface area contributed by atoms with E-state index in [0.717, 1.165) is 18.6 Å². The van der Waals surface area contributed by atoms with Crippen molar-refractivity contribution in [1.29, 1.82) is 0 Å². The topological polar surface area (TPSA) is 105 Å². The van der Waals surface area contributed by atoms with Crippen LogP contribution in [0.25, 0.3) is 0 Å². The fourth-order valence-electron chi connectivity index (χ4n) is 4.51. The summed E-state index contributed by atoms with van der Waals surface area (Å²) in [5.74, 6) is 0.771. The highest BCUT2D eigenvalue weighted by molar-refractivity contribution is 7.89. The van der Waals surface area contributed by atoms with Gasteiger partial charge in [0, 0.05) is 30.9 Å². The first-order valence-electron chi connectivity index (χ1n) is 12.6. The summed E-state index contributed by atoms with van der Waals surface area (Å²) in [5.41, 5.74) is 1.39. The van der Waals surface area contributed by atoms with Crippen LogP contribution in [0, 0.1) is 0 Å². The van der Waals surface area contributed by atoms with E-state index >= 15 is 0 Å². The first-order valence-corrected chi connectivity index (χ1v) is 14.0. The molecule has 38 heavy (non-hydrogen) atoms. The SMILES string of the molecule is O=C(Nc1ccc2c(c1)N(CCCOc1ccccc1)C(=O)CO2)c1ccc(S(=O)(=O)N2CCCC2)cc1. The van der Waals surface area contributed by atoms with Crippen molar-refractivity contribution in [1.82, 2.24) is 4.31 Å². The molecule has 5 rings (SSSR count). The van der Waals surface area contributed by atoms with Crippen molar-refractivity contribution in [3.8, 4) is 11.5 Å². The molecular weight excluding hydrogens is 506 g/mol. The zero-order valence-electron chi connectivity index (χ0n) is 20.8. The third-order valence-corrected chi connectivity index (χ3v) is 8.43. The zero-order valence-corrected chi connectivity index (χ0v) is 21.7. The molecule has 0 spiro atoms. The van der Waals surface area contributed by atoms with E-state index in [9.17, 15) is 18.0 Å². The lowest BCUT2D eigenvalue weighted by Gasteiger charge is -2.30. The number of fused-ring (bicyclic) bond motifs is 1. The summed E-state index contributed by atoms with van der Waals surface area (Å²) in [4.78, 5) is 27.3. The Balaban J connectivity index is 1.24. The second kappa shape index (κ2) is 11.2. The number of hydrogen-bond donors (Lipinski definition) is 1. The van der Waals surface area contributed by atoms with Gasteiger partial charge in [-0.3, -0.25) is 9.59 Å². The van der Waals surface area contributed by atoms with Gasteiger partial charge in [-0.05, 0) is 73.9 Å². The first-order chi connectivity index (χ1) is 18.4. The number of para-hydroxylation sites is 1. The molecule has 0 bridgehead atoms. The van der Waals surface area contributed by atoms with Gasteiger partial charge < -0.3 is 19.7 Å². The van der Waals surface area contributed by atoms with E-state index in [-0.39, 0.29) is 23.3 Å². The van der Waals surface area contributed by atoms with Crippen LogP contribution in [0.4, 0.5) is 11.4 Å². The van der Waals surface area contributed by atoms with Gasteiger partial charge in [-0.15, -0.1) is 0 Å².